The van der Waals surface area contributed by atoms with Gasteiger partial charge in [0.1, 0.15) is 11.5 Å². The molecule has 0 radical (unpaired) electrons. The highest BCUT2D eigenvalue weighted by atomic mass is 16.5. The van der Waals surface area contributed by atoms with Crippen LogP contribution in [0, 0.1) is 0 Å². The fourth-order valence-electron chi connectivity index (χ4n) is 3.05. The zero-order valence-electron chi connectivity index (χ0n) is 14.2. The number of imidazole rings is 1. The number of rotatable bonds is 5. The molecule has 0 saturated carbocycles. The van der Waals surface area contributed by atoms with Crippen molar-refractivity contribution in [2.45, 2.75) is 13.0 Å². The summed E-state index contributed by atoms with van der Waals surface area (Å²) < 4.78 is 7.71. The molecule has 2 aromatic carbocycles. The molecular formula is C21H19N3O2. The molecule has 26 heavy (non-hydrogen) atoms. The molecule has 0 unspecified atom stereocenters. The maximum atomic E-state index is 9.73. The Morgan fingerprint density at radius 3 is 2.69 bits per heavy atom. The van der Waals surface area contributed by atoms with Gasteiger partial charge in [-0.25, -0.2) is 4.98 Å². The van der Waals surface area contributed by atoms with Crippen LogP contribution in [0.1, 0.15) is 11.3 Å². The summed E-state index contributed by atoms with van der Waals surface area (Å²) in [6.45, 7) is 4.39. The standard InChI is InChI=1S/C21H19N3O2/c1-15-22-12-19(26-15)11-20-21(17-7-3-2-4-8-17)23-14-24(20)13-16-6-5-9-18(25)10-16/h2-10,12,14,22,25H,1,11,13H2. The molecule has 2 N–H and O–H groups in total. The third kappa shape index (κ3) is 3.32. The molecule has 4 rings (SSSR count). The van der Waals surface area contributed by atoms with Crippen molar-refractivity contribution in [3.8, 4) is 17.0 Å². The van der Waals surface area contributed by atoms with Crippen molar-refractivity contribution < 1.29 is 9.84 Å². The van der Waals surface area contributed by atoms with E-state index in [9.17, 15) is 5.11 Å². The van der Waals surface area contributed by atoms with Gasteiger partial charge in [-0.05, 0) is 24.3 Å². The summed E-state index contributed by atoms with van der Waals surface area (Å²) in [4.78, 5) is 4.64. The second-order valence-electron chi connectivity index (χ2n) is 6.16. The number of allylic oxidation sites excluding steroid dienone is 1. The summed E-state index contributed by atoms with van der Waals surface area (Å²) in [5.41, 5.74) is 4.03. The summed E-state index contributed by atoms with van der Waals surface area (Å²) in [5, 5.41) is 12.7. The molecule has 0 saturated heterocycles. The van der Waals surface area contributed by atoms with E-state index in [1.807, 2.05) is 55.0 Å². The number of ether oxygens (including phenoxy) is 1. The lowest BCUT2D eigenvalue weighted by Crippen LogP contribution is -2.06. The molecule has 3 aromatic rings. The van der Waals surface area contributed by atoms with Crippen LogP contribution in [0.25, 0.3) is 11.3 Å². The normalized spacial score (nSPS) is 13.2. The SMILES string of the molecule is C=C1NC=C(Cc2c(-c3ccccc3)ncn2Cc2cccc(O)c2)O1. The molecular weight excluding hydrogens is 326 g/mol. The summed E-state index contributed by atoms with van der Waals surface area (Å²) in [6, 6.07) is 17.4. The summed E-state index contributed by atoms with van der Waals surface area (Å²) in [7, 11) is 0. The van der Waals surface area contributed by atoms with Gasteiger partial charge in [0.05, 0.1) is 17.7 Å². The molecule has 0 amide bonds. The first-order valence-corrected chi connectivity index (χ1v) is 8.39. The quantitative estimate of drug-likeness (QED) is 0.739. The molecule has 1 aromatic heterocycles. The number of hydrogen-bond acceptors (Lipinski definition) is 4. The summed E-state index contributed by atoms with van der Waals surface area (Å²) in [5.74, 6) is 1.58. The van der Waals surface area contributed by atoms with Crippen molar-refractivity contribution >= 4 is 0 Å². The number of benzene rings is 2. The van der Waals surface area contributed by atoms with E-state index in [2.05, 4.69) is 21.4 Å². The molecule has 2 heterocycles. The maximum absolute atomic E-state index is 9.73. The van der Waals surface area contributed by atoms with Crippen LogP contribution in [0.15, 0.2) is 85.3 Å². The monoisotopic (exact) mass is 345 g/mol. The van der Waals surface area contributed by atoms with E-state index in [0.717, 1.165) is 28.3 Å². The third-order valence-electron chi connectivity index (χ3n) is 4.25. The molecule has 130 valence electrons. The zero-order chi connectivity index (χ0) is 17.9. The van der Waals surface area contributed by atoms with E-state index in [1.54, 1.807) is 12.1 Å². The Morgan fingerprint density at radius 1 is 1.12 bits per heavy atom. The zero-order valence-corrected chi connectivity index (χ0v) is 14.2. The lowest BCUT2D eigenvalue weighted by molar-refractivity contribution is 0.308. The molecule has 5 nitrogen and oxygen atoms in total. The number of phenolic OH excluding ortho intramolecular Hbond substituents is 1. The Bertz CT molecular complexity index is 974. The minimum atomic E-state index is 0.259. The Labute approximate surface area is 151 Å². The van der Waals surface area contributed by atoms with E-state index in [4.69, 9.17) is 4.74 Å². The lowest BCUT2D eigenvalue weighted by Gasteiger charge is -2.11. The van der Waals surface area contributed by atoms with E-state index in [-0.39, 0.29) is 5.75 Å². The van der Waals surface area contributed by atoms with E-state index >= 15 is 0 Å². The van der Waals surface area contributed by atoms with Crippen molar-refractivity contribution in [1.29, 1.82) is 0 Å². The van der Waals surface area contributed by atoms with Crippen LogP contribution < -0.4 is 5.32 Å². The van der Waals surface area contributed by atoms with Crippen molar-refractivity contribution in [3.05, 3.63) is 96.6 Å². The molecule has 0 atom stereocenters. The van der Waals surface area contributed by atoms with Crippen LogP contribution in [-0.4, -0.2) is 14.7 Å². The molecule has 0 aliphatic carbocycles. The Morgan fingerprint density at radius 2 is 1.96 bits per heavy atom. The van der Waals surface area contributed by atoms with Crippen LogP contribution in [0.2, 0.25) is 0 Å². The van der Waals surface area contributed by atoms with Gasteiger partial charge in [0.15, 0.2) is 5.88 Å². The highest BCUT2D eigenvalue weighted by Gasteiger charge is 2.18. The first kappa shape index (κ1) is 16.0. The van der Waals surface area contributed by atoms with Gasteiger partial charge >= 0.3 is 0 Å². The van der Waals surface area contributed by atoms with Gasteiger partial charge in [0.25, 0.3) is 0 Å². The van der Waals surface area contributed by atoms with Gasteiger partial charge in [-0.1, -0.05) is 42.5 Å². The van der Waals surface area contributed by atoms with Crippen molar-refractivity contribution in [2.24, 2.45) is 0 Å². The fourth-order valence-corrected chi connectivity index (χ4v) is 3.05. The van der Waals surface area contributed by atoms with E-state index < -0.39 is 0 Å². The summed E-state index contributed by atoms with van der Waals surface area (Å²) >= 11 is 0. The number of phenols is 1. The minimum Gasteiger partial charge on any atom is -0.508 e. The van der Waals surface area contributed by atoms with Crippen LogP contribution in [0.5, 0.6) is 5.75 Å². The number of aromatic nitrogens is 2. The maximum Gasteiger partial charge on any atom is 0.189 e. The number of nitrogens with zero attached hydrogens (tertiary/aromatic N) is 2. The highest BCUT2D eigenvalue weighted by molar-refractivity contribution is 5.62. The second kappa shape index (κ2) is 6.80. The first-order chi connectivity index (χ1) is 12.7. The van der Waals surface area contributed by atoms with Gasteiger partial charge in [-0.2, -0.15) is 0 Å². The topological polar surface area (TPSA) is 59.3 Å². The molecule has 0 spiro atoms. The van der Waals surface area contributed by atoms with Crippen LogP contribution in [0.3, 0.4) is 0 Å². The summed E-state index contributed by atoms with van der Waals surface area (Å²) in [6.07, 6.45) is 4.25. The predicted octanol–water partition coefficient (Wildman–Crippen LogP) is 3.78. The molecule has 1 aliphatic rings. The van der Waals surface area contributed by atoms with Crippen molar-refractivity contribution in [3.63, 3.8) is 0 Å². The van der Waals surface area contributed by atoms with Crippen molar-refractivity contribution in [1.82, 2.24) is 14.9 Å². The van der Waals surface area contributed by atoms with Crippen molar-refractivity contribution in [2.75, 3.05) is 0 Å². The number of nitrogens with one attached hydrogen (secondary N) is 1. The average molecular weight is 345 g/mol. The second-order valence-corrected chi connectivity index (χ2v) is 6.16. The molecule has 1 aliphatic heterocycles. The van der Waals surface area contributed by atoms with Crippen LogP contribution in [-0.2, 0) is 17.7 Å². The largest absolute Gasteiger partial charge is 0.508 e. The van der Waals surface area contributed by atoms with Gasteiger partial charge in [0.2, 0.25) is 0 Å². The van der Waals surface area contributed by atoms with Gasteiger partial charge < -0.3 is 19.7 Å². The van der Waals surface area contributed by atoms with Gasteiger partial charge in [-0.15, -0.1) is 0 Å². The Kier molecular flexibility index (Phi) is 4.19. The van der Waals surface area contributed by atoms with E-state index in [0.29, 0.717) is 18.8 Å². The smallest absolute Gasteiger partial charge is 0.189 e. The Hall–Kier alpha value is -3.47. The number of aromatic hydroxyl groups is 1. The lowest BCUT2D eigenvalue weighted by atomic mass is 10.1. The van der Waals surface area contributed by atoms with Gasteiger partial charge in [-0.3, -0.25) is 0 Å². The molecule has 0 bridgehead atoms. The van der Waals surface area contributed by atoms with Gasteiger partial charge in [0, 0.05) is 24.7 Å². The minimum absolute atomic E-state index is 0.259. The average Bonchev–Trinajstić information content (AvgIpc) is 3.23. The third-order valence-corrected chi connectivity index (χ3v) is 4.25. The number of hydrogen-bond donors (Lipinski definition) is 2. The highest BCUT2D eigenvalue weighted by Crippen LogP contribution is 2.27. The Balaban J connectivity index is 1.71. The van der Waals surface area contributed by atoms with Crippen LogP contribution >= 0.6 is 0 Å². The predicted molar refractivity (Wildman–Crippen MR) is 100 cm³/mol. The fraction of sp³-hybridized carbons (Fsp3) is 0.0952. The van der Waals surface area contributed by atoms with E-state index in [1.165, 1.54) is 0 Å². The van der Waals surface area contributed by atoms with Crippen LogP contribution in [0.4, 0.5) is 0 Å². The molecule has 5 heteroatoms. The molecule has 0 fully saturated rings. The first-order valence-electron chi connectivity index (χ1n) is 8.39.